The predicted molar refractivity (Wildman–Crippen MR) is 67.0 cm³/mol. The maximum Gasteiger partial charge on any atom is 0.326 e. The number of aryl methyl sites for hydroxylation is 1. The Labute approximate surface area is 113 Å². The van der Waals surface area contributed by atoms with Crippen molar-refractivity contribution in [3.05, 3.63) is 29.6 Å². The van der Waals surface area contributed by atoms with Crippen molar-refractivity contribution in [3.63, 3.8) is 0 Å². The number of urea groups is 1. The molecule has 0 aliphatic heterocycles. The first-order chi connectivity index (χ1) is 9.29. The van der Waals surface area contributed by atoms with E-state index in [1.165, 1.54) is 12.1 Å². The molecule has 7 nitrogen and oxygen atoms in total. The third-order valence-corrected chi connectivity index (χ3v) is 2.42. The third-order valence-electron chi connectivity index (χ3n) is 2.42. The van der Waals surface area contributed by atoms with Gasteiger partial charge < -0.3 is 20.8 Å². The number of nitrogens with one attached hydrogen (secondary N) is 2. The fraction of sp³-hybridized carbons (Fsp3) is 0.250. The lowest BCUT2D eigenvalue weighted by molar-refractivity contribution is -0.145. The topological polar surface area (TPSA) is 116 Å². The van der Waals surface area contributed by atoms with E-state index >= 15 is 0 Å². The van der Waals surface area contributed by atoms with Crippen molar-refractivity contribution in [3.8, 4) is 0 Å². The van der Waals surface area contributed by atoms with Crippen LogP contribution in [0.2, 0.25) is 0 Å². The Kier molecular flexibility index (Phi) is 5.01. The van der Waals surface area contributed by atoms with E-state index in [0.29, 0.717) is 11.3 Å². The lowest BCUT2D eigenvalue weighted by atomic mass is 10.2. The molecule has 0 saturated heterocycles. The van der Waals surface area contributed by atoms with E-state index in [-0.39, 0.29) is 0 Å². The fourth-order valence-electron chi connectivity index (χ4n) is 1.46. The van der Waals surface area contributed by atoms with Crippen LogP contribution in [0.15, 0.2) is 18.2 Å². The summed E-state index contributed by atoms with van der Waals surface area (Å²) in [6, 6.07) is 1.22. The molecule has 0 aliphatic rings. The quantitative estimate of drug-likeness (QED) is 0.648. The molecule has 0 aliphatic carbocycles. The first-order valence-corrected chi connectivity index (χ1v) is 5.58. The second-order valence-corrected chi connectivity index (χ2v) is 4.05. The molecule has 0 bridgehead atoms. The number of halogens is 1. The summed E-state index contributed by atoms with van der Waals surface area (Å²) < 4.78 is 12.9. The molecule has 2 amide bonds. The molecule has 0 radical (unpaired) electrons. The number of benzene rings is 1. The van der Waals surface area contributed by atoms with Crippen molar-refractivity contribution in [2.75, 3.05) is 5.32 Å². The molecule has 1 aromatic carbocycles. The minimum Gasteiger partial charge on any atom is -0.481 e. The number of carboxylic acid groups (broad SMARTS) is 2. The molecule has 0 heterocycles. The molecular formula is C12H13FN2O5. The summed E-state index contributed by atoms with van der Waals surface area (Å²) >= 11 is 0. The molecular weight excluding hydrogens is 271 g/mol. The molecule has 0 spiro atoms. The molecule has 108 valence electrons. The van der Waals surface area contributed by atoms with Gasteiger partial charge in [0.15, 0.2) is 0 Å². The van der Waals surface area contributed by atoms with Gasteiger partial charge >= 0.3 is 18.0 Å². The molecule has 0 fully saturated rings. The van der Waals surface area contributed by atoms with Crippen LogP contribution in [0.5, 0.6) is 0 Å². The van der Waals surface area contributed by atoms with Gasteiger partial charge in [-0.05, 0) is 30.7 Å². The van der Waals surface area contributed by atoms with Crippen molar-refractivity contribution in [2.24, 2.45) is 0 Å². The van der Waals surface area contributed by atoms with Gasteiger partial charge in [-0.15, -0.1) is 0 Å². The molecule has 8 heteroatoms. The van der Waals surface area contributed by atoms with E-state index in [2.05, 4.69) is 5.32 Å². The highest BCUT2D eigenvalue weighted by molar-refractivity contribution is 5.93. The summed E-state index contributed by atoms with van der Waals surface area (Å²) in [6.07, 6.45) is -0.745. The number of carbonyl (C=O) groups is 3. The van der Waals surface area contributed by atoms with E-state index in [1.807, 2.05) is 5.32 Å². The van der Waals surface area contributed by atoms with Crippen LogP contribution < -0.4 is 10.6 Å². The van der Waals surface area contributed by atoms with Gasteiger partial charge in [0.05, 0.1) is 6.42 Å². The first-order valence-electron chi connectivity index (χ1n) is 5.58. The fourth-order valence-corrected chi connectivity index (χ4v) is 1.46. The zero-order valence-electron chi connectivity index (χ0n) is 10.5. The number of hydrogen-bond donors (Lipinski definition) is 4. The lowest BCUT2D eigenvalue weighted by Gasteiger charge is -2.14. The summed E-state index contributed by atoms with van der Waals surface area (Å²) in [4.78, 5) is 32.8. The van der Waals surface area contributed by atoms with Crippen LogP contribution in [-0.4, -0.2) is 34.2 Å². The van der Waals surface area contributed by atoms with Crippen molar-refractivity contribution < 1.29 is 29.0 Å². The molecule has 0 aromatic heterocycles. The molecule has 20 heavy (non-hydrogen) atoms. The standard InChI is InChI=1S/C12H13FN2O5/c1-6-4-7(13)2-3-8(6)14-12(20)15-9(11(18)19)5-10(16)17/h2-4,9H,5H2,1H3,(H,16,17)(H,18,19)(H2,14,15,20). The Morgan fingerprint density at radius 3 is 2.45 bits per heavy atom. The monoisotopic (exact) mass is 284 g/mol. The summed E-state index contributed by atoms with van der Waals surface area (Å²) in [7, 11) is 0. The van der Waals surface area contributed by atoms with Gasteiger partial charge in [0.2, 0.25) is 0 Å². The van der Waals surface area contributed by atoms with Gasteiger partial charge in [0.25, 0.3) is 0 Å². The summed E-state index contributed by atoms with van der Waals surface area (Å²) in [5, 5.41) is 21.6. The minimum absolute atomic E-state index is 0.295. The lowest BCUT2D eigenvalue weighted by Crippen LogP contribution is -2.44. The second kappa shape index (κ2) is 6.50. The summed E-state index contributed by atoms with van der Waals surface area (Å²) in [5.41, 5.74) is 0.744. The SMILES string of the molecule is Cc1cc(F)ccc1NC(=O)NC(CC(=O)O)C(=O)O. The number of amides is 2. The molecule has 1 atom stereocenters. The van der Waals surface area contributed by atoms with Gasteiger partial charge in [-0.25, -0.2) is 14.0 Å². The van der Waals surface area contributed by atoms with E-state index in [9.17, 15) is 18.8 Å². The van der Waals surface area contributed by atoms with Gasteiger partial charge in [-0.3, -0.25) is 4.79 Å². The number of rotatable bonds is 5. The summed E-state index contributed by atoms with van der Waals surface area (Å²) in [6.45, 7) is 1.56. The first kappa shape index (κ1) is 15.4. The van der Waals surface area contributed by atoms with Crippen LogP contribution in [0, 0.1) is 12.7 Å². The van der Waals surface area contributed by atoms with Crippen molar-refractivity contribution in [1.82, 2.24) is 5.32 Å². The van der Waals surface area contributed by atoms with Crippen LogP contribution in [0.3, 0.4) is 0 Å². The van der Waals surface area contributed by atoms with Gasteiger partial charge in [0, 0.05) is 5.69 Å². The van der Waals surface area contributed by atoms with Gasteiger partial charge in [-0.1, -0.05) is 0 Å². The van der Waals surface area contributed by atoms with Gasteiger partial charge in [0.1, 0.15) is 11.9 Å². The van der Waals surface area contributed by atoms with Crippen LogP contribution in [0.4, 0.5) is 14.9 Å². The molecule has 1 aromatic rings. The number of hydrogen-bond acceptors (Lipinski definition) is 3. The molecule has 1 unspecified atom stereocenters. The molecule has 0 saturated carbocycles. The van der Waals surface area contributed by atoms with Crippen molar-refractivity contribution in [1.29, 1.82) is 0 Å². The van der Waals surface area contributed by atoms with Crippen LogP contribution in [-0.2, 0) is 9.59 Å². The maximum absolute atomic E-state index is 12.9. The Balaban J connectivity index is 2.70. The number of carboxylic acids is 2. The van der Waals surface area contributed by atoms with E-state index < -0.39 is 36.2 Å². The molecule has 4 N–H and O–H groups in total. The van der Waals surface area contributed by atoms with Crippen molar-refractivity contribution >= 4 is 23.7 Å². The maximum atomic E-state index is 12.9. The average molecular weight is 284 g/mol. The highest BCUT2D eigenvalue weighted by Gasteiger charge is 2.23. The smallest absolute Gasteiger partial charge is 0.326 e. The number of aliphatic carboxylic acids is 2. The van der Waals surface area contributed by atoms with Crippen LogP contribution in [0.1, 0.15) is 12.0 Å². The zero-order valence-corrected chi connectivity index (χ0v) is 10.5. The van der Waals surface area contributed by atoms with E-state index in [1.54, 1.807) is 6.92 Å². The van der Waals surface area contributed by atoms with Crippen LogP contribution in [0.25, 0.3) is 0 Å². The highest BCUT2D eigenvalue weighted by atomic mass is 19.1. The normalized spacial score (nSPS) is 11.5. The van der Waals surface area contributed by atoms with E-state index in [4.69, 9.17) is 10.2 Å². The Bertz CT molecular complexity index is 547. The predicted octanol–water partition coefficient (Wildman–Crippen LogP) is 1.18. The van der Waals surface area contributed by atoms with Crippen molar-refractivity contribution in [2.45, 2.75) is 19.4 Å². The molecule has 1 rings (SSSR count). The third kappa shape index (κ3) is 4.56. The number of anilines is 1. The Morgan fingerprint density at radius 1 is 1.30 bits per heavy atom. The zero-order chi connectivity index (χ0) is 15.3. The second-order valence-electron chi connectivity index (χ2n) is 4.05. The Morgan fingerprint density at radius 2 is 1.95 bits per heavy atom. The minimum atomic E-state index is -1.55. The van der Waals surface area contributed by atoms with Crippen LogP contribution >= 0.6 is 0 Å². The van der Waals surface area contributed by atoms with Gasteiger partial charge in [-0.2, -0.15) is 0 Å². The highest BCUT2D eigenvalue weighted by Crippen LogP contribution is 2.15. The number of carbonyl (C=O) groups excluding carboxylic acids is 1. The summed E-state index contributed by atoms with van der Waals surface area (Å²) in [5.74, 6) is -3.28. The van der Waals surface area contributed by atoms with E-state index in [0.717, 1.165) is 6.07 Å². The Hall–Kier alpha value is -2.64. The average Bonchev–Trinajstić information content (AvgIpc) is 2.31. The largest absolute Gasteiger partial charge is 0.481 e.